The van der Waals surface area contributed by atoms with Crippen LogP contribution in [-0.4, -0.2) is 15.8 Å². The van der Waals surface area contributed by atoms with Gasteiger partial charge in [0, 0.05) is 17.3 Å². The van der Waals surface area contributed by atoms with Gasteiger partial charge in [0.25, 0.3) is 5.56 Å². The van der Waals surface area contributed by atoms with Crippen molar-refractivity contribution in [1.82, 2.24) is 4.57 Å². The number of fused-ring (bicyclic) bond motifs is 3. The quantitative estimate of drug-likeness (QED) is 0.648. The summed E-state index contributed by atoms with van der Waals surface area (Å²) in [4.78, 5) is 13.0. The fourth-order valence-corrected chi connectivity index (χ4v) is 3.47. The number of rotatable bonds is 4. The Morgan fingerprint density at radius 1 is 1.07 bits per heavy atom. The minimum absolute atomic E-state index is 0.148. The molecule has 0 aliphatic heterocycles. The highest BCUT2D eigenvalue weighted by atomic mass is 19.4. The lowest BCUT2D eigenvalue weighted by Gasteiger charge is -2.28. The van der Waals surface area contributed by atoms with Crippen molar-refractivity contribution in [2.45, 2.75) is 51.9 Å². The average molecular weight is 377 g/mol. The first-order chi connectivity index (χ1) is 12.6. The van der Waals surface area contributed by atoms with Crippen molar-refractivity contribution in [3.8, 4) is 0 Å². The molecule has 3 aromatic rings. The van der Waals surface area contributed by atoms with Gasteiger partial charge in [-0.15, -0.1) is 0 Å². The van der Waals surface area contributed by atoms with Gasteiger partial charge < -0.3 is 9.67 Å². The second-order valence-corrected chi connectivity index (χ2v) is 7.12. The van der Waals surface area contributed by atoms with Gasteiger partial charge in [0.15, 0.2) is 5.60 Å². The van der Waals surface area contributed by atoms with Crippen molar-refractivity contribution in [2.75, 3.05) is 0 Å². The molecule has 0 saturated heterocycles. The van der Waals surface area contributed by atoms with E-state index in [1.165, 1.54) is 12.1 Å². The second-order valence-electron chi connectivity index (χ2n) is 7.12. The van der Waals surface area contributed by atoms with Crippen molar-refractivity contribution in [3.05, 3.63) is 57.9 Å². The lowest BCUT2D eigenvalue weighted by atomic mass is 9.90. The fraction of sp³-hybridized carbons (Fsp3) is 0.381. The van der Waals surface area contributed by atoms with Crippen LogP contribution >= 0.6 is 0 Å². The van der Waals surface area contributed by atoms with Gasteiger partial charge in [-0.05, 0) is 48.9 Å². The van der Waals surface area contributed by atoms with Crippen LogP contribution in [0.25, 0.3) is 21.7 Å². The van der Waals surface area contributed by atoms with E-state index in [2.05, 4.69) is 0 Å². The number of halogens is 3. The van der Waals surface area contributed by atoms with Crippen LogP contribution in [0.1, 0.15) is 37.8 Å². The molecule has 0 amide bonds. The number of hydrogen-bond acceptors (Lipinski definition) is 2. The predicted molar refractivity (Wildman–Crippen MR) is 101 cm³/mol. The van der Waals surface area contributed by atoms with Crippen LogP contribution in [0.15, 0.2) is 41.2 Å². The van der Waals surface area contributed by atoms with Gasteiger partial charge in [-0.25, -0.2) is 0 Å². The second kappa shape index (κ2) is 6.68. The lowest BCUT2D eigenvalue weighted by Crippen LogP contribution is -2.39. The van der Waals surface area contributed by atoms with Crippen LogP contribution in [-0.2, 0) is 12.1 Å². The molecule has 1 unspecified atom stereocenters. The molecule has 27 heavy (non-hydrogen) atoms. The van der Waals surface area contributed by atoms with Crippen LogP contribution in [0.2, 0.25) is 0 Å². The fourth-order valence-electron chi connectivity index (χ4n) is 3.47. The molecule has 1 N–H and O–H groups in total. The third-order valence-electron chi connectivity index (χ3n) is 5.11. The van der Waals surface area contributed by atoms with Crippen molar-refractivity contribution in [3.63, 3.8) is 0 Å². The molecule has 6 heteroatoms. The van der Waals surface area contributed by atoms with Crippen LogP contribution in [0.4, 0.5) is 13.2 Å². The van der Waals surface area contributed by atoms with E-state index in [9.17, 15) is 23.1 Å². The van der Waals surface area contributed by atoms with Crippen LogP contribution in [0.5, 0.6) is 0 Å². The molecule has 0 aliphatic carbocycles. The maximum absolute atomic E-state index is 13.4. The van der Waals surface area contributed by atoms with E-state index in [1.54, 1.807) is 35.8 Å². The van der Waals surface area contributed by atoms with E-state index >= 15 is 0 Å². The molecule has 1 atom stereocenters. The van der Waals surface area contributed by atoms with Crippen molar-refractivity contribution in [2.24, 2.45) is 0 Å². The Bertz CT molecular complexity index is 1060. The molecule has 0 fully saturated rings. The molecule has 0 bridgehead atoms. The van der Waals surface area contributed by atoms with Gasteiger partial charge >= 0.3 is 6.18 Å². The van der Waals surface area contributed by atoms with Crippen molar-refractivity contribution >= 4 is 21.7 Å². The third-order valence-corrected chi connectivity index (χ3v) is 5.11. The zero-order valence-electron chi connectivity index (χ0n) is 15.5. The summed E-state index contributed by atoms with van der Waals surface area (Å²) in [7, 11) is 0. The Hall–Kier alpha value is -2.34. The molecular formula is C21H22F3NO2. The predicted octanol–water partition coefficient (Wildman–Crippen LogP) is 5.03. The van der Waals surface area contributed by atoms with E-state index in [-0.39, 0.29) is 11.1 Å². The van der Waals surface area contributed by atoms with E-state index < -0.39 is 11.8 Å². The van der Waals surface area contributed by atoms with Crippen LogP contribution < -0.4 is 5.56 Å². The number of alkyl halides is 3. The monoisotopic (exact) mass is 377 g/mol. The van der Waals surface area contributed by atoms with Gasteiger partial charge in [0.1, 0.15) is 0 Å². The minimum Gasteiger partial charge on any atom is -0.376 e. The first-order valence-electron chi connectivity index (χ1n) is 8.95. The van der Waals surface area contributed by atoms with E-state index in [4.69, 9.17) is 0 Å². The molecular weight excluding hydrogens is 355 g/mol. The summed E-state index contributed by atoms with van der Waals surface area (Å²) in [5.41, 5.74) is -2.20. The summed E-state index contributed by atoms with van der Waals surface area (Å²) < 4.78 is 41.8. The zero-order valence-corrected chi connectivity index (χ0v) is 15.5. The number of unbranched alkanes of at least 4 members (excludes halogenated alkanes) is 1. The van der Waals surface area contributed by atoms with Gasteiger partial charge in [-0.1, -0.05) is 37.6 Å². The van der Waals surface area contributed by atoms with Crippen molar-refractivity contribution in [1.29, 1.82) is 0 Å². The summed E-state index contributed by atoms with van der Waals surface area (Å²) in [6.45, 7) is 4.93. The van der Waals surface area contributed by atoms with Gasteiger partial charge in [0.05, 0.1) is 5.52 Å². The SMILES string of the molecule is CCCCn1c(=O)c2ccccc2c2cc(C(C)(O)C(F)(F)F)cc(C)c21. The molecule has 1 heterocycles. The van der Waals surface area contributed by atoms with Crippen LogP contribution in [0.3, 0.4) is 0 Å². The molecule has 2 aromatic carbocycles. The largest absolute Gasteiger partial charge is 0.421 e. The summed E-state index contributed by atoms with van der Waals surface area (Å²) in [6.07, 6.45) is -3.13. The molecule has 144 valence electrons. The van der Waals surface area contributed by atoms with E-state index in [0.717, 1.165) is 19.8 Å². The maximum Gasteiger partial charge on any atom is 0.421 e. The topological polar surface area (TPSA) is 42.2 Å². The number of nitrogens with zero attached hydrogens (tertiary/aromatic N) is 1. The molecule has 0 radical (unpaired) electrons. The highest BCUT2D eigenvalue weighted by Gasteiger charge is 2.51. The van der Waals surface area contributed by atoms with Crippen LogP contribution in [0, 0.1) is 6.92 Å². The summed E-state index contributed by atoms with van der Waals surface area (Å²) in [5.74, 6) is 0. The van der Waals surface area contributed by atoms with Gasteiger partial charge in [0.2, 0.25) is 0 Å². The Morgan fingerprint density at radius 2 is 1.70 bits per heavy atom. The zero-order chi connectivity index (χ0) is 20.0. The third kappa shape index (κ3) is 3.12. The molecule has 1 aromatic heterocycles. The summed E-state index contributed by atoms with van der Waals surface area (Å²) in [5, 5.41) is 11.7. The lowest BCUT2D eigenvalue weighted by molar-refractivity contribution is -0.258. The smallest absolute Gasteiger partial charge is 0.376 e. The maximum atomic E-state index is 13.4. The Morgan fingerprint density at radius 3 is 2.30 bits per heavy atom. The number of aliphatic hydroxyl groups is 1. The Labute approximate surface area is 155 Å². The standard InChI is InChI=1S/C21H22F3NO2/c1-4-5-10-25-18-13(2)11-14(20(3,27)21(22,23)24)12-17(18)15-8-6-7-9-16(15)19(25)26/h6-9,11-12,27H,4-5,10H2,1-3H3. The molecule has 0 spiro atoms. The van der Waals surface area contributed by atoms with Gasteiger partial charge in [-0.2, -0.15) is 13.2 Å². The Balaban J connectivity index is 2.46. The van der Waals surface area contributed by atoms with Crippen molar-refractivity contribution < 1.29 is 18.3 Å². The molecule has 0 saturated carbocycles. The number of aromatic nitrogens is 1. The summed E-state index contributed by atoms with van der Waals surface area (Å²) in [6, 6.07) is 9.59. The highest BCUT2D eigenvalue weighted by molar-refractivity contribution is 6.06. The molecule has 0 aliphatic rings. The first kappa shape index (κ1) is 19.4. The number of hydrogen-bond donors (Lipinski definition) is 1. The van der Waals surface area contributed by atoms with E-state index in [1.807, 2.05) is 6.92 Å². The molecule has 3 rings (SSSR count). The number of benzene rings is 2. The summed E-state index contributed by atoms with van der Waals surface area (Å²) >= 11 is 0. The first-order valence-corrected chi connectivity index (χ1v) is 8.95. The highest BCUT2D eigenvalue weighted by Crippen LogP contribution is 2.40. The average Bonchev–Trinajstić information content (AvgIpc) is 2.61. The molecule has 3 nitrogen and oxygen atoms in total. The number of pyridine rings is 1. The van der Waals surface area contributed by atoms with E-state index in [0.29, 0.717) is 33.8 Å². The van der Waals surface area contributed by atoms with Gasteiger partial charge in [-0.3, -0.25) is 4.79 Å². The minimum atomic E-state index is -4.81. The number of aryl methyl sites for hydroxylation is 2. The Kier molecular flexibility index (Phi) is 4.80. The normalized spacial score (nSPS) is 14.6.